The molecule has 0 fully saturated rings. The standard InChI is InChI=1S/C20H18N4O4S/c1-14-4-2-6-19-23-18(13-24(14)19)20(25)22-15-7-9-17(10-8-15)29(26,27)21-12-16-5-3-11-28-16/h2-11,13,21H,12H2,1H3,(H,22,25). The number of carbonyl (C=O) groups excluding carboxylic acids is 1. The number of pyridine rings is 1. The van der Waals surface area contributed by atoms with E-state index >= 15 is 0 Å². The minimum Gasteiger partial charge on any atom is -0.468 e. The Morgan fingerprint density at radius 3 is 2.59 bits per heavy atom. The molecule has 4 aromatic rings. The second-order valence-electron chi connectivity index (χ2n) is 6.40. The first kappa shape index (κ1) is 18.9. The number of anilines is 1. The lowest BCUT2D eigenvalue weighted by Crippen LogP contribution is -2.23. The highest BCUT2D eigenvalue weighted by molar-refractivity contribution is 7.89. The number of hydrogen-bond donors (Lipinski definition) is 2. The van der Waals surface area contributed by atoms with Crippen LogP contribution in [0, 0.1) is 6.92 Å². The van der Waals surface area contributed by atoms with E-state index in [1.807, 2.05) is 29.5 Å². The fraction of sp³-hybridized carbons (Fsp3) is 0.100. The van der Waals surface area contributed by atoms with Gasteiger partial charge in [-0.3, -0.25) is 4.79 Å². The van der Waals surface area contributed by atoms with Gasteiger partial charge >= 0.3 is 0 Å². The molecule has 29 heavy (non-hydrogen) atoms. The Morgan fingerprint density at radius 1 is 1.10 bits per heavy atom. The summed E-state index contributed by atoms with van der Waals surface area (Å²) in [6.07, 6.45) is 3.14. The molecule has 148 valence electrons. The molecule has 4 rings (SSSR count). The number of rotatable bonds is 6. The summed E-state index contributed by atoms with van der Waals surface area (Å²) in [7, 11) is -3.69. The van der Waals surface area contributed by atoms with Crippen molar-refractivity contribution >= 4 is 27.3 Å². The maximum atomic E-state index is 12.5. The van der Waals surface area contributed by atoms with Crippen LogP contribution in [0.2, 0.25) is 0 Å². The molecule has 0 unspecified atom stereocenters. The average Bonchev–Trinajstić information content (AvgIpc) is 3.37. The van der Waals surface area contributed by atoms with Gasteiger partial charge in [0.15, 0.2) is 0 Å². The molecular weight excluding hydrogens is 392 g/mol. The van der Waals surface area contributed by atoms with E-state index in [2.05, 4.69) is 15.0 Å². The Hall–Kier alpha value is -3.43. The number of furan rings is 1. The van der Waals surface area contributed by atoms with Crippen LogP contribution in [0.4, 0.5) is 5.69 Å². The van der Waals surface area contributed by atoms with Gasteiger partial charge < -0.3 is 14.1 Å². The molecule has 9 heteroatoms. The monoisotopic (exact) mass is 410 g/mol. The second kappa shape index (κ2) is 7.53. The van der Waals surface area contributed by atoms with Crippen molar-refractivity contribution in [1.29, 1.82) is 0 Å². The van der Waals surface area contributed by atoms with Crippen LogP contribution >= 0.6 is 0 Å². The number of hydrogen-bond acceptors (Lipinski definition) is 5. The van der Waals surface area contributed by atoms with Crippen molar-refractivity contribution in [2.45, 2.75) is 18.4 Å². The van der Waals surface area contributed by atoms with Gasteiger partial charge in [0, 0.05) is 17.6 Å². The van der Waals surface area contributed by atoms with Gasteiger partial charge in [-0.2, -0.15) is 0 Å². The van der Waals surface area contributed by atoms with Crippen LogP contribution in [0.3, 0.4) is 0 Å². The van der Waals surface area contributed by atoms with Crippen LogP contribution < -0.4 is 10.0 Å². The fourth-order valence-corrected chi connectivity index (χ4v) is 3.83. The third kappa shape index (κ3) is 4.05. The number of sulfonamides is 1. The highest BCUT2D eigenvalue weighted by Gasteiger charge is 2.16. The van der Waals surface area contributed by atoms with Crippen LogP contribution in [0.25, 0.3) is 5.65 Å². The van der Waals surface area contributed by atoms with Gasteiger partial charge in [0.2, 0.25) is 10.0 Å². The molecule has 0 spiro atoms. The first-order valence-electron chi connectivity index (χ1n) is 8.80. The number of fused-ring (bicyclic) bond motifs is 1. The number of imidazole rings is 1. The van der Waals surface area contributed by atoms with Crippen LogP contribution in [0.5, 0.6) is 0 Å². The Bertz CT molecular complexity index is 1260. The van der Waals surface area contributed by atoms with Crippen LogP contribution in [0.1, 0.15) is 21.9 Å². The zero-order chi connectivity index (χ0) is 20.4. The van der Waals surface area contributed by atoms with E-state index in [9.17, 15) is 13.2 Å². The number of carbonyl (C=O) groups is 1. The summed E-state index contributed by atoms with van der Waals surface area (Å²) in [6.45, 7) is 1.98. The molecule has 8 nitrogen and oxygen atoms in total. The smallest absolute Gasteiger partial charge is 0.275 e. The first-order valence-corrected chi connectivity index (χ1v) is 10.3. The zero-order valence-electron chi connectivity index (χ0n) is 15.5. The van der Waals surface area contributed by atoms with Crippen molar-refractivity contribution in [3.05, 3.63) is 84.2 Å². The molecule has 0 aliphatic heterocycles. The second-order valence-corrected chi connectivity index (χ2v) is 8.17. The van der Waals surface area contributed by atoms with E-state index in [0.29, 0.717) is 17.1 Å². The summed E-state index contributed by atoms with van der Waals surface area (Å²) in [6, 6.07) is 14.9. The van der Waals surface area contributed by atoms with Crippen LogP contribution in [-0.4, -0.2) is 23.7 Å². The van der Waals surface area contributed by atoms with E-state index in [-0.39, 0.29) is 23.0 Å². The summed E-state index contributed by atoms with van der Waals surface area (Å²) in [4.78, 5) is 16.9. The van der Waals surface area contributed by atoms with Gasteiger partial charge in [0.1, 0.15) is 17.1 Å². The fourth-order valence-electron chi connectivity index (χ4n) is 2.83. The van der Waals surface area contributed by atoms with Crippen molar-refractivity contribution in [2.75, 3.05) is 5.32 Å². The summed E-state index contributed by atoms with van der Waals surface area (Å²) in [5.74, 6) is 0.139. The number of nitrogens with zero attached hydrogens (tertiary/aromatic N) is 2. The Morgan fingerprint density at radius 2 is 1.90 bits per heavy atom. The van der Waals surface area contributed by atoms with Gasteiger partial charge in [0.25, 0.3) is 5.91 Å². The lowest BCUT2D eigenvalue weighted by Gasteiger charge is -2.07. The van der Waals surface area contributed by atoms with E-state index < -0.39 is 10.0 Å². The van der Waals surface area contributed by atoms with Gasteiger partial charge in [-0.25, -0.2) is 18.1 Å². The molecule has 0 saturated carbocycles. The highest BCUT2D eigenvalue weighted by atomic mass is 32.2. The molecule has 0 bridgehead atoms. The SMILES string of the molecule is Cc1cccc2nc(C(=O)Nc3ccc(S(=O)(=O)NCc4ccco4)cc3)cn12. The third-order valence-electron chi connectivity index (χ3n) is 4.37. The number of nitrogens with one attached hydrogen (secondary N) is 2. The normalized spacial score (nSPS) is 11.6. The highest BCUT2D eigenvalue weighted by Crippen LogP contribution is 2.16. The lowest BCUT2D eigenvalue weighted by molar-refractivity contribution is 0.102. The molecule has 0 aliphatic carbocycles. The van der Waals surface area contributed by atoms with Crippen molar-refractivity contribution in [2.24, 2.45) is 0 Å². The average molecular weight is 410 g/mol. The minimum atomic E-state index is -3.69. The molecule has 0 aliphatic rings. The molecule has 3 heterocycles. The summed E-state index contributed by atoms with van der Waals surface area (Å²) in [5, 5.41) is 2.73. The molecular formula is C20H18N4O4S. The molecule has 1 aromatic carbocycles. The number of benzene rings is 1. The Balaban J connectivity index is 1.45. The minimum absolute atomic E-state index is 0.0567. The van der Waals surface area contributed by atoms with Crippen molar-refractivity contribution < 1.29 is 17.6 Å². The number of aryl methyl sites for hydroxylation is 1. The van der Waals surface area contributed by atoms with E-state index in [1.54, 1.807) is 18.3 Å². The summed E-state index contributed by atoms with van der Waals surface area (Å²) < 4.78 is 34.1. The van der Waals surface area contributed by atoms with Crippen LogP contribution in [-0.2, 0) is 16.6 Å². The van der Waals surface area contributed by atoms with Gasteiger partial charge in [-0.1, -0.05) is 6.07 Å². The topological polar surface area (TPSA) is 106 Å². The summed E-state index contributed by atoms with van der Waals surface area (Å²) in [5.41, 5.74) is 2.38. The molecule has 0 radical (unpaired) electrons. The number of aromatic nitrogens is 2. The molecule has 1 amide bonds. The third-order valence-corrected chi connectivity index (χ3v) is 5.78. The van der Waals surface area contributed by atoms with Crippen molar-refractivity contribution in [3.63, 3.8) is 0 Å². The summed E-state index contributed by atoms with van der Waals surface area (Å²) >= 11 is 0. The Kier molecular flexibility index (Phi) is 4.91. The maximum Gasteiger partial charge on any atom is 0.275 e. The number of amides is 1. The van der Waals surface area contributed by atoms with Crippen molar-refractivity contribution in [1.82, 2.24) is 14.1 Å². The largest absolute Gasteiger partial charge is 0.468 e. The molecule has 0 atom stereocenters. The van der Waals surface area contributed by atoms with E-state index in [4.69, 9.17) is 4.42 Å². The first-order chi connectivity index (χ1) is 13.9. The molecule has 3 aromatic heterocycles. The van der Waals surface area contributed by atoms with Crippen molar-refractivity contribution in [3.8, 4) is 0 Å². The van der Waals surface area contributed by atoms with Gasteiger partial charge in [-0.05, 0) is 55.5 Å². The predicted octanol–water partition coefficient (Wildman–Crippen LogP) is 2.97. The molecule has 0 saturated heterocycles. The maximum absolute atomic E-state index is 12.5. The van der Waals surface area contributed by atoms with E-state index in [0.717, 1.165) is 5.69 Å². The quantitative estimate of drug-likeness (QED) is 0.508. The van der Waals surface area contributed by atoms with Gasteiger partial charge in [0.05, 0.1) is 17.7 Å². The zero-order valence-corrected chi connectivity index (χ0v) is 16.3. The predicted molar refractivity (Wildman–Crippen MR) is 107 cm³/mol. The van der Waals surface area contributed by atoms with E-state index in [1.165, 1.54) is 30.5 Å². The Labute approximate surface area is 167 Å². The lowest BCUT2D eigenvalue weighted by atomic mass is 10.3. The van der Waals surface area contributed by atoms with Crippen LogP contribution in [0.15, 0.2) is 76.4 Å². The molecule has 2 N–H and O–H groups in total. The van der Waals surface area contributed by atoms with Gasteiger partial charge in [-0.15, -0.1) is 0 Å².